The quantitative estimate of drug-likeness (QED) is 0.653. The lowest BCUT2D eigenvalue weighted by atomic mass is 10.3. The Morgan fingerprint density at radius 1 is 1.15 bits per heavy atom. The van der Waals surface area contributed by atoms with E-state index in [2.05, 4.69) is 5.32 Å². The molecule has 2 rings (SSSR count). The number of para-hydroxylation sites is 1. The smallest absolute Gasteiger partial charge is 0.245 e. The number of nitrogens with zero attached hydrogens (tertiary/aromatic N) is 1. The number of anilines is 2. The molecule has 2 aromatic rings. The van der Waals surface area contributed by atoms with Crippen LogP contribution in [0.4, 0.5) is 11.4 Å². The zero-order valence-corrected chi connectivity index (χ0v) is 17.3. The number of sulfonamides is 1. The number of benzene rings is 2. The molecule has 0 aliphatic heterocycles. The van der Waals surface area contributed by atoms with E-state index in [1.54, 1.807) is 36.0 Å². The summed E-state index contributed by atoms with van der Waals surface area (Å²) in [6, 6.07) is 12.0. The second kappa shape index (κ2) is 8.99. The minimum Gasteiger partial charge on any atom is -0.323 e. The highest BCUT2D eigenvalue weighted by atomic mass is 35.5. The van der Waals surface area contributed by atoms with Gasteiger partial charge in [0, 0.05) is 4.90 Å². The summed E-state index contributed by atoms with van der Waals surface area (Å²) in [6.45, 7) is 1.60. The van der Waals surface area contributed by atoms with Gasteiger partial charge in [0.2, 0.25) is 15.9 Å². The number of thioether (sulfide) groups is 1. The first-order valence-corrected chi connectivity index (χ1v) is 11.3. The lowest BCUT2D eigenvalue weighted by Gasteiger charge is -2.23. The maximum atomic E-state index is 12.5. The molecule has 0 aliphatic rings. The van der Waals surface area contributed by atoms with Gasteiger partial charge in [-0.2, -0.15) is 0 Å². The fourth-order valence-electron chi connectivity index (χ4n) is 2.24. The Hall–Kier alpha value is -1.41. The van der Waals surface area contributed by atoms with Gasteiger partial charge in [-0.25, -0.2) is 8.42 Å². The minimum absolute atomic E-state index is 0.0781. The van der Waals surface area contributed by atoms with E-state index in [1.165, 1.54) is 6.07 Å². The third-order valence-corrected chi connectivity index (χ3v) is 6.24. The molecule has 0 aliphatic carbocycles. The van der Waals surface area contributed by atoms with E-state index < -0.39 is 22.5 Å². The van der Waals surface area contributed by atoms with Crippen LogP contribution in [0, 0.1) is 0 Å². The van der Waals surface area contributed by atoms with Gasteiger partial charge in [-0.15, -0.1) is 11.8 Å². The Morgan fingerprint density at radius 3 is 2.50 bits per heavy atom. The van der Waals surface area contributed by atoms with E-state index in [9.17, 15) is 13.2 Å². The number of rotatable bonds is 7. The first-order chi connectivity index (χ1) is 12.2. The zero-order chi connectivity index (χ0) is 19.3. The third kappa shape index (κ3) is 5.30. The topological polar surface area (TPSA) is 66.5 Å². The molecule has 0 heterocycles. The van der Waals surface area contributed by atoms with Crippen molar-refractivity contribution in [3.8, 4) is 0 Å². The van der Waals surface area contributed by atoms with E-state index in [0.717, 1.165) is 21.2 Å². The molecule has 5 nitrogen and oxygen atoms in total. The molecule has 1 amide bonds. The van der Waals surface area contributed by atoms with Crippen LogP contribution in [0.15, 0.2) is 47.4 Å². The molecule has 1 N–H and O–H groups in total. The molecule has 0 saturated heterocycles. The maximum absolute atomic E-state index is 12.5. The first kappa shape index (κ1) is 20.9. The molecule has 0 spiro atoms. The Labute approximate surface area is 167 Å². The Bertz CT molecular complexity index is 905. The summed E-state index contributed by atoms with van der Waals surface area (Å²) >= 11 is 13.7. The van der Waals surface area contributed by atoms with Crippen molar-refractivity contribution in [1.29, 1.82) is 0 Å². The zero-order valence-electron chi connectivity index (χ0n) is 14.2. The van der Waals surface area contributed by atoms with Crippen molar-refractivity contribution >= 4 is 62.3 Å². The van der Waals surface area contributed by atoms with Crippen molar-refractivity contribution in [3.63, 3.8) is 0 Å². The lowest BCUT2D eigenvalue weighted by molar-refractivity contribution is -0.114. The number of halogens is 2. The van der Waals surface area contributed by atoms with Crippen molar-refractivity contribution in [1.82, 2.24) is 0 Å². The van der Waals surface area contributed by atoms with Crippen LogP contribution in [-0.4, -0.2) is 32.9 Å². The normalized spacial score (nSPS) is 11.2. The molecule has 0 radical (unpaired) electrons. The van der Waals surface area contributed by atoms with Gasteiger partial charge in [-0.05, 0) is 30.0 Å². The van der Waals surface area contributed by atoms with E-state index in [0.29, 0.717) is 5.69 Å². The molecule has 0 aromatic heterocycles. The van der Waals surface area contributed by atoms with Crippen LogP contribution in [-0.2, 0) is 14.8 Å². The van der Waals surface area contributed by atoms with Crippen molar-refractivity contribution < 1.29 is 13.2 Å². The number of carbonyl (C=O) groups is 1. The molecule has 0 unspecified atom stereocenters. The molecular formula is C17H18Cl2N2O3S2. The Balaban J connectivity index is 2.27. The number of carbonyl (C=O) groups excluding carboxylic acids is 1. The summed E-state index contributed by atoms with van der Waals surface area (Å²) in [5.41, 5.74) is 0.794. The number of hydrogen-bond donors (Lipinski definition) is 1. The van der Waals surface area contributed by atoms with Gasteiger partial charge in [0.25, 0.3) is 0 Å². The van der Waals surface area contributed by atoms with Gasteiger partial charge in [-0.3, -0.25) is 9.10 Å². The summed E-state index contributed by atoms with van der Waals surface area (Å²) in [4.78, 5) is 13.4. The highest BCUT2D eigenvalue weighted by Gasteiger charge is 2.24. The van der Waals surface area contributed by atoms with Gasteiger partial charge in [0.1, 0.15) is 6.54 Å². The summed E-state index contributed by atoms with van der Waals surface area (Å²) in [7, 11) is -3.74. The second-order valence-corrected chi connectivity index (χ2v) is 9.32. The number of nitrogens with one attached hydrogen (secondary N) is 1. The van der Waals surface area contributed by atoms with Crippen molar-refractivity contribution in [2.24, 2.45) is 0 Å². The molecule has 26 heavy (non-hydrogen) atoms. The van der Waals surface area contributed by atoms with Gasteiger partial charge >= 0.3 is 0 Å². The fourth-order valence-corrected chi connectivity index (χ4v) is 4.31. The average Bonchev–Trinajstić information content (AvgIpc) is 2.57. The van der Waals surface area contributed by atoms with Crippen LogP contribution in [0.2, 0.25) is 10.0 Å². The molecular weight excluding hydrogens is 415 g/mol. The molecule has 9 heteroatoms. The van der Waals surface area contributed by atoms with Crippen molar-refractivity contribution in [3.05, 3.63) is 52.5 Å². The second-order valence-electron chi connectivity index (χ2n) is 5.32. The molecule has 0 atom stereocenters. The van der Waals surface area contributed by atoms with E-state index in [4.69, 9.17) is 23.2 Å². The average molecular weight is 433 g/mol. The van der Waals surface area contributed by atoms with Gasteiger partial charge in [0.15, 0.2) is 0 Å². The monoisotopic (exact) mass is 432 g/mol. The third-order valence-electron chi connectivity index (χ3n) is 3.35. The lowest BCUT2D eigenvalue weighted by Crippen LogP contribution is -2.37. The maximum Gasteiger partial charge on any atom is 0.245 e. The summed E-state index contributed by atoms with van der Waals surface area (Å²) in [5.74, 6) is 0.371. The predicted molar refractivity (Wildman–Crippen MR) is 110 cm³/mol. The highest BCUT2D eigenvalue weighted by molar-refractivity contribution is 7.99. The number of hydrogen-bond acceptors (Lipinski definition) is 4. The largest absolute Gasteiger partial charge is 0.323 e. The van der Waals surface area contributed by atoms with Crippen LogP contribution in [0.3, 0.4) is 0 Å². The van der Waals surface area contributed by atoms with Crippen LogP contribution in [0.5, 0.6) is 0 Å². The summed E-state index contributed by atoms with van der Waals surface area (Å²) < 4.78 is 25.3. The van der Waals surface area contributed by atoms with Crippen LogP contribution < -0.4 is 9.62 Å². The van der Waals surface area contributed by atoms with E-state index >= 15 is 0 Å². The van der Waals surface area contributed by atoms with Crippen molar-refractivity contribution in [2.75, 3.05) is 28.2 Å². The highest BCUT2D eigenvalue weighted by Crippen LogP contribution is 2.33. The van der Waals surface area contributed by atoms with Gasteiger partial charge < -0.3 is 5.32 Å². The molecule has 0 fully saturated rings. The van der Waals surface area contributed by atoms with Gasteiger partial charge in [0.05, 0.1) is 27.7 Å². The first-order valence-electron chi connectivity index (χ1n) is 7.67. The SMILES string of the molecule is CCSc1ccccc1NC(=O)CN(c1cccc(Cl)c1Cl)S(C)(=O)=O. The standard InChI is InChI=1S/C17H18Cl2N2O3S2/c1-3-25-15-10-5-4-8-13(15)20-16(22)11-21(26(2,23)24)14-9-6-7-12(18)17(14)19/h4-10H,3,11H2,1-2H3,(H,20,22). The van der Waals surface area contributed by atoms with Crippen LogP contribution >= 0.6 is 35.0 Å². The predicted octanol–water partition coefficient (Wildman–Crippen LogP) is 4.51. The molecule has 0 bridgehead atoms. The van der Waals surface area contributed by atoms with Gasteiger partial charge in [-0.1, -0.05) is 48.3 Å². The number of amides is 1. The molecule has 140 valence electrons. The summed E-state index contributed by atoms with van der Waals surface area (Å²) in [5, 5.41) is 3.05. The fraction of sp³-hybridized carbons (Fsp3) is 0.235. The minimum atomic E-state index is -3.74. The van der Waals surface area contributed by atoms with Crippen LogP contribution in [0.1, 0.15) is 6.92 Å². The van der Waals surface area contributed by atoms with E-state index in [1.807, 2.05) is 19.1 Å². The molecule has 2 aromatic carbocycles. The Kier molecular flexibility index (Phi) is 7.23. The van der Waals surface area contributed by atoms with Crippen LogP contribution in [0.25, 0.3) is 0 Å². The molecule has 0 saturated carbocycles. The Morgan fingerprint density at radius 2 is 1.85 bits per heavy atom. The summed E-state index contributed by atoms with van der Waals surface area (Å²) in [6.07, 6.45) is 1.01. The van der Waals surface area contributed by atoms with Crippen molar-refractivity contribution in [2.45, 2.75) is 11.8 Å². The van der Waals surface area contributed by atoms with E-state index in [-0.39, 0.29) is 15.7 Å².